The van der Waals surface area contributed by atoms with Crippen LogP contribution in [-0.2, 0) is 0 Å². The number of hydrogen-bond donors (Lipinski definition) is 3. The molecule has 5 aromatic rings. The van der Waals surface area contributed by atoms with E-state index in [4.69, 9.17) is 4.98 Å². The van der Waals surface area contributed by atoms with Crippen molar-refractivity contribution in [2.24, 2.45) is 0 Å². The van der Waals surface area contributed by atoms with Crippen LogP contribution in [0, 0.1) is 6.92 Å². The van der Waals surface area contributed by atoms with Crippen molar-refractivity contribution in [3.05, 3.63) is 70.9 Å². The Morgan fingerprint density at radius 1 is 1.06 bits per heavy atom. The zero-order chi connectivity index (χ0) is 24.6. The molecule has 0 atom stereocenters. The third-order valence-electron chi connectivity index (χ3n) is 6.89. The maximum atomic E-state index is 12.7. The first-order chi connectivity index (χ1) is 17.6. The Balaban J connectivity index is 1.36. The number of likely N-dealkylation sites (N-methyl/N-ethyl adjacent to an activating group) is 1. The van der Waals surface area contributed by atoms with Crippen LogP contribution in [0.5, 0.6) is 0 Å². The van der Waals surface area contributed by atoms with Crippen LogP contribution in [0.15, 0.2) is 59.7 Å². The number of nitrogens with one attached hydrogen (secondary N) is 3. The van der Waals surface area contributed by atoms with Crippen molar-refractivity contribution in [3.63, 3.8) is 0 Å². The van der Waals surface area contributed by atoms with Gasteiger partial charge in [0.15, 0.2) is 5.82 Å². The molecule has 0 radical (unpaired) electrons. The minimum atomic E-state index is -0.188. The van der Waals surface area contributed by atoms with Gasteiger partial charge in [-0.3, -0.25) is 14.9 Å². The van der Waals surface area contributed by atoms with Crippen LogP contribution in [0.3, 0.4) is 0 Å². The molecule has 0 unspecified atom stereocenters. The number of pyridine rings is 3. The van der Waals surface area contributed by atoms with Crippen molar-refractivity contribution >= 4 is 39.0 Å². The molecule has 3 N–H and O–H groups in total. The zero-order valence-electron chi connectivity index (χ0n) is 20.4. The lowest BCUT2D eigenvalue weighted by molar-refractivity contribution is 0.270. The van der Waals surface area contributed by atoms with Crippen LogP contribution in [0.2, 0.25) is 0 Å². The van der Waals surface area contributed by atoms with E-state index in [9.17, 15) is 4.79 Å². The highest BCUT2D eigenvalue weighted by Crippen LogP contribution is 2.31. The van der Waals surface area contributed by atoms with Gasteiger partial charge in [0, 0.05) is 60.9 Å². The molecular formula is C27H28N8O. The van der Waals surface area contributed by atoms with Gasteiger partial charge in [-0.2, -0.15) is 5.10 Å². The first kappa shape index (κ1) is 22.2. The van der Waals surface area contributed by atoms with E-state index in [0.29, 0.717) is 11.2 Å². The van der Waals surface area contributed by atoms with Gasteiger partial charge in [-0.25, -0.2) is 4.98 Å². The quantitative estimate of drug-likeness (QED) is 0.348. The molecule has 36 heavy (non-hydrogen) atoms. The molecule has 9 nitrogen and oxygen atoms in total. The Labute approximate surface area is 208 Å². The third-order valence-corrected chi connectivity index (χ3v) is 6.89. The Hall–Kier alpha value is -4.24. The highest BCUT2D eigenvalue weighted by molar-refractivity contribution is 5.97. The van der Waals surface area contributed by atoms with Crippen molar-refractivity contribution in [3.8, 4) is 11.3 Å². The molecular weight excluding hydrogens is 452 g/mol. The van der Waals surface area contributed by atoms with E-state index in [1.807, 2.05) is 43.3 Å². The van der Waals surface area contributed by atoms with E-state index >= 15 is 0 Å². The lowest BCUT2D eigenvalue weighted by atomic mass is 10.1. The lowest BCUT2D eigenvalue weighted by Crippen LogP contribution is -2.46. The highest BCUT2D eigenvalue weighted by Gasteiger charge is 2.20. The first-order valence-corrected chi connectivity index (χ1v) is 12.3. The summed E-state index contributed by atoms with van der Waals surface area (Å²) in [4.78, 5) is 29.5. The maximum Gasteiger partial charge on any atom is 0.259 e. The molecule has 1 fully saturated rings. The fraction of sp³-hybridized carbons (Fsp3) is 0.259. The van der Waals surface area contributed by atoms with Crippen molar-refractivity contribution in [1.82, 2.24) is 30.0 Å². The summed E-state index contributed by atoms with van der Waals surface area (Å²) in [7, 11) is 0. The minimum Gasteiger partial charge on any atom is -0.352 e. The summed E-state index contributed by atoms with van der Waals surface area (Å²) in [6, 6.07) is 13.8. The number of piperazine rings is 1. The van der Waals surface area contributed by atoms with E-state index in [1.54, 1.807) is 12.4 Å². The molecule has 0 spiro atoms. The molecule has 1 aliphatic rings. The molecule has 0 saturated carbocycles. The number of H-pyrrole nitrogens is 2. The number of aromatic nitrogens is 5. The Morgan fingerprint density at radius 2 is 1.92 bits per heavy atom. The number of nitrogens with zero attached hydrogens (tertiary/aromatic N) is 5. The van der Waals surface area contributed by atoms with E-state index < -0.39 is 0 Å². The van der Waals surface area contributed by atoms with Crippen LogP contribution in [0.25, 0.3) is 32.9 Å². The van der Waals surface area contributed by atoms with E-state index in [0.717, 1.165) is 77.5 Å². The number of fused-ring (bicyclic) bond motifs is 2. The van der Waals surface area contributed by atoms with E-state index in [-0.39, 0.29) is 5.56 Å². The standard InChI is InChI=1S/C27H28N8O/c1-3-34-10-12-35(13-11-34)26-21-7-6-20(15-23(21)32-33-26)30-25-24-18(8-9-28-27(24)36)14-22(31-25)19-5-4-17(2)29-16-19/h4-9,14-16H,3,10-13H2,1-2H3,(H,28,36)(H,30,31)(H,32,33). The Morgan fingerprint density at radius 3 is 2.69 bits per heavy atom. The molecule has 182 valence electrons. The van der Waals surface area contributed by atoms with Crippen molar-refractivity contribution < 1.29 is 0 Å². The fourth-order valence-electron chi connectivity index (χ4n) is 4.81. The Kier molecular flexibility index (Phi) is 5.61. The second-order valence-electron chi connectivity index (χ2n) is 9.17. The summed E-state index contributed by atoms with van der Waals surface area (Å²) in [5.74, 6) is 1.49. The number of aromatic amines is 2. The summed E-state index contributed by atoms with van der Waals surface area (Å²) in [6.07, 6.45) is 3.46. The monoisotopic (exact) mass is 480 g/mol. The minimum absolute atomic E-state index is 0.188. The predicted molar refractivity (Wildman–Crippen MR) is 144 cm³/mol. The molecule has 9 heteroatoms. The molecule has 0 aliphatic carbocycles. The van der Waals surface area contributed by atoms with Gasteiger partial charge in [0.2, 0.25) is 0 Å². The van der Waals surface area contributed by atoms with Crippen molar-refractivity contribution in [2.45, 2.75) is 13.8 Å². The number of anilines is 3. The van der Waals surface area contributed by atoms with E-state index in [2.05, 4.69) is 48.3 Å². The number of aryl methyl sites for hydroxylation is 1. The average molecular weight is 481 g/mol. The molecule has 1 saturated heterocycles. The zero-order valence-corrected chi connectivity index (χ0v) is 20.4. The van der Waals surface area contributed by atoms with Crippen LogP contribution >= 0.6 is 0 Å². The smallest absolute Gasteiger partial charge is 0.259 e. The molecule has 6 rings (SSSR count). The largest absolute Gasteiger partial charge is 0.352 e. The SMILES string of the molecule is CCN1CCN(c2n[nH]c3cc(Nc4nc(-c5ccc(C)nc5)cc5cc[nH]c(=O)c45)ccc23)CC1. The maximum absolute atomic E-state index is 12.7. The second-order valence-corrected chi connectivity index (χ2v) is 9.17. The van der Waals surface area contributed by atoms with Crippen LogP contribution in [-0.4, -0.2) is 62.8 Å². The second kappa shape index (κ2) is 9.09. The van der Waals surface area contributed by atoms with Gasteiger partial charge in [-0.15, -0.1) is 0 Å². The van der Waals surface area contributed by atoms with Gasteiger partial charge >= 0.3 is 0 Å². The van der Waals surface area contributed by atoms with Crippen molar-refractivity contribution in [2.75, 3.05) is 42.9 Å². The first-order valence-electron chi connectivity index (χ1n) is 12.3. The highest BCUT2D eigenvalue weighted by atomic mass is 16.1. The number of rotatable bonds is 5. The molecule has 0 amide bonds. The lowest BCUT2D eigenvalue weighted by Gasteiger charge is -2.34. The molecule has 1 aromatic carbocycles. The van der Waals surface area contributed by atoms with Gasteiger partial charge < -0.3 is 20.1 Å². The number of benzene rings is 1. The summed E-state index contributed by atoms with van der Waals surface area (Å²) in [6.45, 7) is 9.26. The van der Waals surface area contributed by atoms with Crippen LogP contribution in [0.4, 0.5) is 17.3 Å². The van der Waals surface area contributed by atoms with E-state index in [1.165, 1.54) is 0 Å². The average Bonchev–Trinajstić information content (AvgIpc) is 3.32. The summed E-state index contributed by atoms with van der Waals surface area (Å²) < 4.78 is 0. The predicted octanol–water partition coefficient (Wildman–Crippen LogP) is 4.06. The van der Waals surface area contributed by atoms with Crippen molar-refractivity contribution in [1.29, 1.82) is 0 Å². The molecule has 5 heterocycles. The Bertz CT molecular complexity index is 1600. The van der Waals surface area contributed by atoms with Crippen LogP contribution < -0.4 is 15.8 Å². The van der Waals surface area contributed by atoms with Gasteiger partial charge in [0.1, 0.15) is 5.82 Å². The third kappa shape index (κ3) is 4.07. The van der Waals surface area contributed by atoms with Gasteiger partial charge in [-0.1, -0.05) is 6.92 Å². The van der Waals surface area contributed by atoms with Gasteiger partial charge in [0.25, 0.3) is 5.56 Å². The summed E-state index contributed by atoms with van der Waals surface area (Å²) >= 11 is 0. The normalized spacial score (nSPS) is 14.6. The van der Waals surface area contributed by atoms with Gasteiger partial charge in [-0.05, 0) is 61.3 Å². The van der Waals surface area contributed by atoms with Gasteiger partial charge in [0.05, 0.1) is 16.6 Å². The molecule has 0 bridgehead atoms. The fourth-order valence-corrected chi connectivity index (χ4v) is 4.81. The molecule has 1 aliphatic heterocycles. The topological polar surface area (TPSA) is 106 Å². The molecule has 4 aromatic heterocycles. The summed E-state index contributed by atoms with van der Waals surface area (Å²) in [5.41, 5.74) is 4.15. The number of hydrogen-bond acceptors (Lipinski definition) is 7. The van der Waals surface area contributed by atoms with Crippen LogP contribution in [0.1, 0.15) is 12.6 Å². The summed E-state index contributed by atoms with van der Waals surface area (Å²) in [5, 5.41) is 13.6.